The van der Waals surface area contributed by atoms with Crippen molar-refractivity contribution in [2.24, 2.45) is 20.0 Å². The molecule has 2 aromatic rings. The Hall–Kier alpha value is -2.27. The van der Waals surface area contributed by atoms with E-state index in [-0.39, 0.29) is 10.8 Å². The molecule has 25 heavy (non-hydrogen) atoms. The molecule has 1 atom stereocenters. The van der Waals surface area contributed by atoms with Crippen molar-refractivity contribution in [3.05, 3.63) is 39.7 Å². The highest BCUT2D eigenvalue weighted by Crippen LogP contribution is 2.23. The van der Waals surface area contributed by atoms with Crippen molar-refractivity contribution >= 4 is 10.0 Å². The Labute approximate surface area is 144 Å². The zero-order chi connectivity index (χ0) is 18.2. The van der Waals surface area contributed by atoms with Crippen LogP contribution in [-0.2, 0) is 30.7 Å². The van der Waals surface area contributed by atoms with Gasteiger partial charge in [0.15, 0.2) is 4.90 Å². The minimum Gasteiger partial charge on any atom is -0.302 e. The second kappa shape index (κ2) is 6.56. The van der Waals surface area contributed by atoms with Gasteiger partial charge in [-0.25, -0.2) is 18.2 Å². The van der Waals surface area contributed by atoms with Crippen LogP contribution < -0.4 is 11.2 Å². The normalized spacial score (nSPS) is 19.2. The molecular weight excluding hydrogens is 348 g/mol. The summed E-state index contributed by atoms with van der Waals surface area (Å²) in [4.78, 5) is 27.6. The molecule has 0 aliphatic carbocycles. The molecule has 3 rings (SSSR count). The van der Waals surface area contributed by atoms with E-state index < -0.39 is 21.3 Å². The van der Waals surface area contributed by atoms with Crippen molar-refractivity contribution in [3.8, 4) is 0 Å². The number of sulfonamides is 1. The lowest BCUT2D eigenvalue weighted by Crippen LogP contribution is -2.45. The first-order chi connectivity index (χ1) is 11.8. The molecule has 0 N–H and O–H groups in total. The van der Waals surface area contributed by atoms with Crippen LogP contribution in [0.15, 0.2) is 33.3 Å². The molecule has 0 amide bonds. The second-order valence-electron chi connectivity index (χ2n) is 6.24. The number of nitrogens with zero attached hydrogens (tertiary/aromatic N) is 6. The Morgan fingerprint density at radius 3 is 2.72 bits per heavy atom. The summed E-state index contributed by atoms with van der Waals surface area (Å²) in [6.07, 6.45) is 5.70. The summed E-state index contributed by atoms with van der Waals surface area (Å²) in [5.74, 6) is 0.0848. The highest BCUT2D eigenvalue weighted by atomic mass is 32.2. The number of piperidine rings is 1. The van der Waals surface area contributed by atoms with Gasteiger partial charge >= 0.3 is 5.69 Å². The van der Waals surface area contributed by atoms with Crippen molar-refractivity contribution in [1.82, 2.24) is 28.2 Å². The Morgan fingerprint density at radius 1 is 1.28 bits per heavy atom. The number of aromatic nitrogens is 5. The molecule has 1 aliphatic heterocycles. The molecular formula is C14H20N6O4S. The van der Waals surface area contributed by atoms with Gasteiger partial charge in [-0.2, -0.15) is 9.40 Å². The topological polar surface area (TPSA) is 112 Å². The van der Waals surface area contributed by atoms with Crippen molar-refractivity contribution < 1.29 is 8.42 Å². The van der Waals surface area contributed by atoms with Gasteiger partial charge in [0.25, 0.3) is 5.56 Å². The third-order valence-corrected chi connectivity index (χ3v) is 6.27. The minimum atomic E-state index is -3.97. The molecule has 0 aromatic carbocycles. The van der Waals surface area contributed by atoms with E-state index in [9.17, 15) is 18.0 Å². The molecule has 3 heterocycles. The van der Waals surface area contributed by atoms with Gasteiger partial charge in [-0.3, -0.25) is 14.0 Å². The van der Waals surface area contributed by atoms with Crippen LogP contribution in [0.5, 0.6) is 0 Å². The molecule has 11 heteroatoms. The summed E-state index contributed by atoms with van der Waals surface area (Å²) in [5.41, 5.74) is -1.37. The maximum absolute atomic E-state index is 12.9. The van der Waals surface area contributed by atoms with Crippen molar-refractivity contribution in [2.45, 2.75) is 24.3 Å². The molecule has 0 radical (unpaired) electrons. The van der Waals surface area contributed by atoms with Crippen LogP contribution in [0.3, 0.4) is 0 Å². The fraction of sp³-hybridized carbons (Fsp3) is 0.571. The first-order valence-corrected chi connectivity index (χ1v) is 9.34. The van der Waals surface area contributed by atoms with Crippen LogP contribution in [0.25, 0.3) is 0 Å². The van der Waals surface area contributed by atoms with Gasteiger partial charge in [-0.05, 0) is 18.8 Å². The average molecular weight is 368 g/mol. The fourth-order valence-corrected chi connectivity index (χ4v) is 4.78. The van der Waals surface area contributed by atoms with E-state index >= 15 is 0 Å². The Kier molecular flexibility index (Phi) is 4.60. The van der Waals surface area contributed by atoms with E-state index in [0.29, 0.717) is 26.1 Å². The molecule has 1 saturated heterocycles. The summed E-state index contributed by atoms with van der Waals surface area (Å²) in [5, 5.41) is 4.05. The zero-order valence-electron chi connectivity index (χ0n) is 14.1. The second-order valence-corrected chi connectivity index (χ2v) is 8.15. The third kappa shape index (κ3) is 3.29. The highest BCUT2D eigenvalue weighted by Gasteiger charge is 2.33. The molecule has 1 aliphatic rings. The molecule has 1 fully saturated rings. The van der Waals surface area contributed by atoms with Gasteiger partial charge in [0.1, 0.15) is 12.7 Å². The van der Waals surface area contributed by atoms with Gasteiger partial charge in [0.05, 0.1) is 0 Å². The van der Waals surface area contributed by atoms with E-state index in [1.165, 1.54) is 24.7 Å². The molecule has 1 unspecified atom stereocenters. The Balaban J connectivity index is 1.90. The molecule has 136 valence electrons. The van der Waals surface area contributed by atoms with Crippen LogP contribution in [0.4, 0.5) is 0 Å². The number of hydrogen-bond acceptors (Lipinski definition) is 6. The molecule has 0 saturated carbocycles. The molecule has 10 nitrogen and oxygen atoms in total. The van der Waals surface area contributed by atoms with Crippen LogP contribution in [0.1, 0.15) is 12.8 Å². The van der Waals surface area contributed by atoms with E-state index in [1.54, 1.807) is 11.0 Å². The SMILES string of the molecule is Cn1cc(S(=O)(=O)N2CCCC(Cn3cncn3)C2)c(=O)n(C)c1=O. The van der Waals surface area contributed by atoms with Gasteiger partial charge in [-0.15, -0.1) is 0 Å². The lowest BCUT2D eigenvalue weighted by molar-refractivity contribution is 0.239. The maximum atomic E-state index is 12.9. The first-order valence-electron chi connectivity index (χ1n) is 7.90. The van der Waals surface area contributed by atoms with E-state index in [4.69, 9.17) is 0 Å². The smallest absolute Gasteiger partial charge is 0.302 e. The van der Waals surface area contributed by atoms with E-state index in [2.05, 4.69) is 10.1 Å². The highest BCUT2D eigenvalue weighted by molar-refractivity contribution is 7.89. The number of aryl methyl sites for hydroxylation is 1. The summed E-state index contributed by atoms with van der Waals surface area (Å²) >= 11 is 0. The van der Waals surface area contributed by atoms with Crippen LogP contribution in [-0.4, -0.2) is 49.7 Å². The van der Waals surface area contributed by atoms with Crippen molar-refractivity contribution in [1.29, 1.82) is 0 Å². The van der Waals surface area contributed by atoms with E-state index in [0.717, 1.165) is 21.8 Å². The van der Waals surface area contributed by atoms with Crippen LogP contribution in [0, 0.1) is 5.92 Å². The quantitative estimate of drug-likeness (QED) is 0.668. The summed E-state index contributed by atoms with van der Waals surface area (Å²) in [7, 11) is -1.28. The standard InChI is InChI=1S/C14H20N6O4S/c1-17-8-12(13(21)18(2)14(17)22)25(23,24)20-5-3-4-11(7-20)6-19-10-15-9-16-19/h8-11H,3-7H2,1-2H3. The van der Waals surface area contributed by atoms with Crippen LogP contribution in [0.2, 0.25) is 0 Å². The fourth-order valence-electron chi connectivity index (χ4n) is 3.08. The average Bonchev–Trinajstić information content (AvgIpc) is 3.09. The predicted molar refractivity (Wildman–Crippen MR) is 88.4 cm³/mol. The molecule has 0 bridgehead atoms. The van der Waals surface area contributed by atoms with Gasteiger partial charge in [0, 0.05) is 39.9 Å². The first kappa shape index (κ1) is 17.5. The van der Waals surface area contributed by atoms with Crippen molar-refractivity contribution in [3.63, 3.8) is 0 Å². The number of hydrogen-bond donors (Lipinski definition) is 0. The third-order valence-electron chi connectivity index (χ3n) is 4.43. The van der Waals surface area contributed by atoms with Gasteiger partial charge in [0.2, 0.25) is 10.0 Å². The number of rotatable bonds is 4. The minimum absolute atomic E-state index is 0.0848. The molecule has 2 aromatic heterocycles. The summed E-state index contributed by atoms with van der Waals surface area (Å²) < 4.78 is 30.8. The van der Waals surface area contributed by atoms with Gasteiger partial charge < -0.3 is 4.57 Å². The summed E-state index contributed by atoms with van der Waals surface area (Å²) in [6.45, 7) is 1.22. The lowest BCUT2D eigenvalue weighted by Gasteiger charge is -2.31. The van der Waals surface area contributed by atoms with Crippen LogP contribution >= 0.6 is 0 Å². The Bertz CT molecular complexity index is 976. The van der Waals surface area contributed by atoms with Crippen molar-refractivity contribution in [2.75, 3.05) is 13.1 Å². The maximum Gasteiger partial charge on any atom is 0.330 e. The monoisotopic (exact) mass is 368 g/mol. The summed E-state index contributed by atoms with van der Waals surface area (Å²) in [6, 6.07) is 0. The van der Waals surface area contributed by atoms with Gasteiger partial charge in [-0.1, -0.05) is 0 Å². The van der Waals surface area contributed by atoms with E-state index in [1.807, 2.05) is 0 Å². The lowest BCUT2D eigenvalue weighted by atomic mass is 10.00. The Morgan fingerprint density at radius 2 is 2.04 bits per heavy atom. The largest absolute Gasteiger partial charge is 0.330 e. The zero-order valence-corrected chi connectivity index (χ0v) is 14.9. The molecule has 0 spiro atoms. The predicted octanol–water partition coefficient (Wildman–Crippen LogP) is -1.22.